The van der Waals surface area contributed by atoms with Crippen molar-refractivity contribution in [3.05, 3.63) is 0 Å². The van der Waals surface area contributed by atoms with Crippen molar-refractivity contribution in [1.82, 2.24) is 15.6 Å². The summed E-state index contributed by atoms with van der Waals surface area (Å²) in [6.07, 6.45) is 0.989. The number of alkyl halides is 3. The lowest BCUT2D eigenvalue weighted by atomic mass is 10.7. The lowest BCUT2D eigenvalue weighted by Gasteiger charge is -2.01. The summed E-state index contributed by atoms with van der Waals surface area (Å²) in [4.78, 5) is 11.3. The summed E-state index contributed by atoms with van der Waals surface area (Å²) in [6, 6.07) is 0. The lowest BCUT2D eigenvalue weighted by Crippen LogP contribution is -2.21. The quantitative estimate of drug-likeness (QED) is 0.378. The van der Waals surface area contributed by atoms with E-state index >= 15 is 0 Å². The Morgan fingerprint density at radius 2 is 2.29 bits per heavy atom. The van der Waals surface area contributed by atoms with Crippen LogP contribution in [0.4, 0.5) is 5.13 Å². The molecule has 1 amide bonds. The Morgan fingerprint density at radius 1 is 1.59 bits per heavy atom. The minimum Gasteiger partial charge on any atom is -0.374 e. The van der Waals surface area contributed by atoms with E-state index in [1.807, 2.05) is 0 Å². The zero-order chi connectivity index (χ0) is 12.9. The fourth-order valence-electron chi connectivity index (χ4n) is 0.616. The molecule has 0 atom stereocenters. The van der Waals surface area contributed by atoms with Gasteiger partial charge in [-0.25, -0.2) is 5.43 Å². The van der Waals surface area contributed by atoms with Crippen molar-refractivity contribution in [2.24, 2.45) is 5.10 Å². The molecule has 94 valence electrons. The second-order valence-electron chi connectivity index (χ2n) is 2.53. The number of hydrogen-bond acceptors (Lipinski definition) is 7. The number of nitrogens with one attached hydrogen (secondary N) is 1. The van der Waals surface area contributed by atoms with Crippen LogP contribution in [0.15, 0.2) is 9.44 Å². The van der Waals surface area contributed by atoms with Crippen LogP contribution in [0.1, 0.15) is 0 Å². The molecular weight excluding hydrogens is 329 g/mol. The number of nitrogen functional groups attached to an aromatic ring is 1. The molecule has 17 heavy (non-hydrogen) atoms. The standard InChI is InChI=1S/C6H6Cl3N5OS2/c7-6(8,9)2-11-12-3(15)1-16-5-14-13-4(10)17-5/h2H,1H2,(H2,10,13)(H,12,15)/b11-2-. The molecule has 1 aromatic rings. The number of thioether (sulfide) groups is 1. The van der Waals surface area contributed by atoms with E-state index in [0.29, 0.717) is 9.47 Å². The van der Waals surface area contributed by atoms with Gasteiger partial charge in [-0.2, -0.15) is 5.10 Å². The molecule has 0 aliphatic carbocycles. The number of carbonyl (C=O) groups excluding carboxylic acids is 1. The Bertz CT molecular complexity index is 418. The van der Waals surface area contributed by atoms with Crippen molar-refractivity contribution >= 4 is 75.2 Å². The summed E-state index contributed by atoms with van der Waals surface area (Å²) in [6.45, 7) is 0. The van der Waals surface area contributed by atoms with Crippen LogP contribution in [0.5, 0.6) is 0 Å². The number of carbonyl (C=O) groups is 1. The Balaban J connectivity index is 2.29. The highest BCUT2D eigenvalue weighted by atomic mass is 35.6. The van der Waals surface area contributed by atoms with Gasteiger partial charge in [0.2, 0.25) is 14.8 Å². The van der Waals surface area contributed by atoms with E-state index in [-0.39, 0.29) is 11.7 Å². The first kappa shape index (κ1) is 14.8. The number of aromatic nitrogens is 2. The van der Waals surface area contributed by atoms with Crippen molar-refractivity contribution < 1.29 is 4.79 Å². The van der Waals surface area contributed by atoms with E-state index in [4.69, 9.17) is 40.5 Å². The summed E-state index contributed by atoms with van der Waals surface area (Å²) in [5.74, 6) is -0.236. The number of amides is 1. The van der Waals surface area contributed by atoms with Crippen LogP contribution in [-0.2, 0) is 4.79 Å². The van der Waals surface area contributed by atoms with Gasteiger partial charge >= 0.3 is 0 Å². The third-order valence-electron chi connectivity index (χ3n) is 1.15. The number of hydrogen-bond donors (Lipinski definition) is 2. The molecule has 0 spiro atoms. The number of halogens is 3. The average Bonchev–Trinajstić information content (AvgIpc) is 2.59. The molecule has 1 aromatic heterocycles. The maximum atomic E-state index is 11.3. The predicted octanol–water partition coefficient (Wildman–Crippen LogP) is 1.68. The summed E-state index contributed by atoms with van der Waals surface area (Å²) >= 11 is 18.5. The molecule has 0 aromatic carbocycles. The maximum absolute atomic E-state index is 11.3. The van der Waals surface area contributed by atoms with Gasteiger partial charge in [-0.15, -0.1) is 10.2 Å². The van der Waals surface area contributed by atoms with Gasteiger partial charge in [-0.3, -0.25) is 4.79 Å². The summed E-state index contributed by atoms with van der Waals surface area (Å²) in [7, 11) is 0. The van der Waals surface area contributed by atoms with Crippen molar-refractivity contribution in [2.45, 2.75) is 8.13 Å². The fourth-order valence-corrected chi connectivity index (χ4v) is 2.19. The number of nitrogens with two attached hydrogens (primary N) is 1. The lowest BCUT2D eigenvalue weighted by molar-refractivity contribution is -0.118. The number of rotatable bonds is 4. The third kappa shape index (κ3) is 6.89. The van der Waals surface area contributed by atoms with Gasteiger partial charge in [0.1, 0.15) is 0 Å². The van der Waals surface area contributed by atoms with Crippen LogP contribution in [0.2, 0.25) is 0 Å². The molecule has 1 rings (SSSR count). The van der Waals surface area contributed by atoms with Crippen molar-refractivity contribution in [1.29, 1.82) is 0 Å². The molecule has 0 saturated heterocycles. The van der Waals surface area contributed by atoms with Crippen molar-refractivity contribution in [3.63, 3.8) is 0 Å². The molecule has 0 fully saturated rings. The summed E-state index contributed by atoms with van der Waals surface area (Å²) < 4.78 is -1.03. The third-order valence-corrected chi connectivity index (χ3v) is 3.33. The molecule has 0 bridgehead atoms. The molecule has 0 radical (unpaired) electrons. The Labute approximate surface area is 120 Å². The van der Waals surface area contributed by atoms with Crippen LogP contribution in [0.25, 0.3) is 0 Å². The van der Waals surface area contributed by atoms with Gasteiger partial charge < -0.3 is 5.73 Å². The van der Waals surface area contributed by atoms with Crippen LogP contribution in [0.3, 0.4) is 0 Å². The summed E-state index contributed by atoms with van der Waals surface area (Å²) in [5.41, 5.74) is 7.57. The average molecular weight is 335 g/mol. The summed E-state index contributed by atoms with van der Waals surface area (Å²) in [5, 5.41) is 11.2. The van der Waals surface area contributed by atoms with Gasteiger partial charge in [-0.05, 0) is 0 Å². The molecule has 0 aliphatic rings. The van der Waals surface area contributed by atoms with Crippen LogP contribution < -0.4 is 11.2 Å². The first-order valence-corrected chi connectivity index (χ1v) is 6.92. The molecule has 1 heterocycles. The zero-order valence-electron chi connectivity index (χ0n) is 8.06. The molecule has 11 heteroatoms. The van der Waals surface area contributed by atoms with Crippen LogP contribution >= 0.6 is 57.9 Å². The van der Waals surface area contributed by atoms with Crippen molar-refractivity contribution in [3.8, 4) is 0 Å². The molecule has 0 aliphatic heterocycles. The minimum atomic E-state index is -1.63. The van der Waals surface area contributed by atoms with E-state index < -0.39 is 3.79 Å². The Hall–Kier alpha value is -0.280. The Kier molecular flexibility index (Phi) is 5.74. The van der Waals surface area contributed by atoms with E-state index in [9.17, 15) is 4.79 Å². The highest BCUT2D eigenvalue weighted by molar-refractivity contribution is 8.01. The number of anilines is 1. The smallest absolute Gasteiger partial charge is 0.250 e. The second-order valence-corrected chi connectivity index (χ2v) is 7.13. The van der Waals surface area contributed by atoms with E-state index in [0.717, 1.165) is 6.21 Å². The molecule has 0 unspecified atom stereocenters. The largest absolute Gasteiger partial charge is 0.374 e. The van der Waals surface area contributed by atoms with Gasteiger partial charge in [0.05, 0.1) is 12.0 Å². The Morgan fingerprint density at radius 3 is 2.82 bits per heavy atom. The predicted molar refractivity (Wildman–Crippen MR) is 72.0 cm³/mol. The highest BCUT2D eigenvalue weighted by Crippen LogP contribution is 2.23. The highest BCUT2D eigenvalue weighted by Gasteiger charge is 2.15. The molecule has 0 saturated carbocycles. The van der Waals surface area contributed by atoms with Gasteiger partial charge in [0.25, 0.3) is 0 Å². The topological polar surface area (TPSA) is 93.3 Å². The molecule has 6 nitrogen and oxygen atoms in total. The van der Waals surface area contributed by atoms with Gasteiger partial charge in [0, 0.05) is 0 Å². The SMILES string of the molecule is Nc1nnc(SCC(=O)N/N=C\C(Cl)(Cl)Cl)s1. The van der Waals surface area contributed by atoms with Crippen LogP contribution in [0, 0.1) is 0 Å². The normalized spacial score (nSPS) is 11.9. The maximum Gasteiger partial charge on any atom is 0.250 e. The van der Waals surface area contributed by atoms with Gasteiger partial charge in [0.15, 0.2) is 4.34 Å². The molecular formula is C6H6Cl3N5OS2. The number of hydrazone groups is 1. The first-order chi connectivity index (χ1) is 7.87. The van der Waals surface area contributed by atoms with Crippen LogP contribution in [-0.4, -0.2) is 31.9 Å². The van der Waals surface area contributed by atoms with E-state index in [1.165, 1.54) is 23.1 Å². The number of nitrogens with zero attached hydrogens (tertiary/aromatic N) is 3. The van der Waals surface area contributed by atoms with Crippen molar-refractivity contribution in [2.75, 3.05) is 11.5 Å². The second kappa shape index (κ2) is 6.60. The zero-order valence-corrected chi connectivity index (χ0v) is 12.0. The van der Waals surface area contributed by atoms with Gasteiger partial charge in [-0.1, -0.05) is 57.9 Å². The first-order valence-electron chi connectivity index (χ1n) is 3.98. The molecule has 3 N–H and O–H groups in total. The minimum absolute atomic E-state index is 0.117. The monoisotopic (exact) mass is 333 g/mol. The van der Waals surface area contributed by atoms with E-state index in [2.05, 4.69) is 20.7 Å². The van der Waals surface area contributed by atoms with E-state index in [1.54, 1.807) is 0 Å². The fraction of sp³-hybridized carbons (Fsp3) is 0.333.